The Morgan fingerprint density at radius 2 is 1.71 bits per heavy atom. The maximum Gasteiger partial charge on any atom is 0.253 e. The van der Waals surface area contributed by atoms with E-state index in [1.54, 1.807) is 26.1 Å². The quantitative estimate of drug-likeness (QED) is 0.379. The van der Waals surface area contributed by atoms with Crippen LogP contribution in [0.2, 0.25) is 0 Å². The van der Waals surface area contributed by atoms with E-state index in [0.717, 1.165) is 33.5 Å². The van der Waals surface area contributed by atoms with Crippen molar-refractivity contribution >= 4 is 34.4 Å². The van der Waals surface area contributed by atoms with Crippen molar-refractivity contribution in [3.8, 4) is 22.4 Å². The van der Waals surface area contributed by atoms with Gasteiger partial charge in [0, 0.05) is 43.9 Å². The lowest BCUT2D eigenvalue weighted by atomic mass is 9.97. The van der Waals surface area contributed by atoms with Crippen molar-refractivity contribution in [3.05, 3.63) is 60.4 Å². The third-order valence-corrected chi connectivity index (χ3v) is 5.96. The van der Waals surface area contributed by atoms with Crippen LogP contribution in [0.1, 0.15) is 23.7 Å². The van der Waals surface area contributed by atoms with Gasteiger partial charge in [0.25, 0.3) is 5.91 Å². The highest BCUT2D eigenvalue weighted by molar-refractivity contribution is 6.08. The van der Waals surface area contributed by atoms with Gasteiger partial charge in [0.15, 0.2) is 0 Å². The van der Waals surface area contributed by atoms with E-state index in [9.17, 15) is 9.59 Å². The number of aliphatic hydroxyl groups excluding tert-OH is 1. The lowest BCUT2D eigenvalue weighted by Gasteiger charge is -2.16. The van der Waals surface area contributed by atoms with E-state index in [-0.39, 0.29) is 25.0 Å². The lowest BCUT2D eigenvalue weighted by molar-refractivity contribution is -0.115. The molecule has 9 nitrogen and oxygen atoms in total. The van der Waals surface area contributed by atoms with Crippen LogP contribution in [-0.4, -0.2) is 56.6 Å². The molecule has 0 aliphatic rings. The fourth-order valence-corrected chi connectivity index (χ4v) is 4.11. The van der Waals surface area contributed by atoms with Crippen LogP contribution >= 0.6 is 0 Å². The minimum Gasteiger partial charge on any atom is -0.395 e. The van der Waals surface area contributed by atoms with Gasteiger partial charge in [-0.1, -0.05) is 31.2 Å². The molecule has 180 valence electrons. The number of nitrogens with zero attached hydrogens (tertiary/aromatic N) is 4. The molecule has 2 heterocycles. The Bertz CT molecular complexity index is 1380. The molecule has 0 bridgehead atoms. The average molecular weight is 473 g/mol. The molecule has 0 fully saturated rings. The fourth-order valence-electron chi connectivity index (χ4n) is 4.11. The second kappa shape index (κ2) is 9.94. The summed E-state index contributed by atoms with van der Waals surface area (Å²) in [4.78, 5) is 34.5. The molecule has 2 aromatic carbocycles. The molecule has 0 aliphatic carbocycles. The Morgan fingerprint density at radius 1 is 1.06 bits per heavy atom. The van der Waals surface area contributed by atoms with Gasteiger partial charge in [-0.05, 0) is 35.4 Å². The van der Waals surface area contributed by atoms with Gasteiger partial charge in [-0.15, -0.1) is 0 Å². The highest BCUT2D eigenvalue weighted by Crippen LogP contribution is 2.41. The van der Waals surface area contributed by atoms with Crippen molar-refractivity contribution < 1.29 is 14.7 Å². The van der Waals surface area contributed by atoms with Crippen LogP contribution in [0.15, 0.2) is 54.9 Å². The summed E-state index contributed by atoms with van der Waals surface area (Å²) in [6.45, 7) is 1.97. The Labute approximate surface area is 203 Å². The third kappa shape index (κ3) is 4.58. The summed E-state index contributed by atoms with van der Waals surface area (Å²) in [5.41, 5.74) is 11.7. The zero-order valence-electron chi connectivity index (χ0n) is 19.9. The number of aryl methyl sites for hydroxylation is 1. The SMILES string of the molecule is CCC(=O)Nc1ccc(-c2c(-c3ccc(C(=O)N(C)CCO)cc3)c3c(N)ncnc3n2C)cc1. The number of fused-ring (bicyclic) bond motifs is 1. The number of hydrogen-bond donors (Lipinski definition) is 3. The summed E-state index contributed by atoms with van der Waals surface area (Å²) in [5.74, 6) is 0.142. The molecule has 0 saturated heterocycles. The molecule has 9 heteroatoms. The number of amides is 2. The fraction of sp³-hybridized carbons (Fsp3) is 0.231. The van der Waals surface area contributed by atoms with Crippen LogP contribution in [-0.2, 0) is 11.8 Å². The van der Waals surface area contributed by atoms with Crippen molar-refractivity contribution in [1.29, 1.82) is 0 Å². The van der Waals surface area contributed by atoms with Crippen LogP contribution in [0.25, 0.3) is 33.4 Å². The average Bonchev–Trinajstić information content (AvgIpc) is 3.17. The number of anilines is 2. The Kier molecular flexibility index (Phi) is 6.79. The third-order valence-electron chi connectivity index (χ3n) is 5.96. The Balaban J connectivity index is 1.83. The number of aromatic nitrogens is 3. The van der Waals surface area contributed by atoms with Crippen molar-refractivity contribution in [2.24, 2.45) is 7.05 Å². The predicted octanol–water partition coefficient (Wildman–Crippen LogP) is 3.30. The first-order valence-electron chi connectivity index (χ1n) is 11.3. The number of nitrogen functional groups attached to an aromatic ring is 1. The maximum absolute atomic E-state index is 12.6. The minimum absolute atomic E-state index is 0.0506. The van der Waals surface area contributed by atoms with Crippen LogP contribution in [0.5, 0.6) is 0 Å². The van der Waals surface area contributed by atoms with E-state index < -0.39 is 0 Å². The second-order valence-corrected chi connectivity index (χ2v) is 8.25. The minimum atomic E-state index is -0.170. The summed E-state index contributed by atoms with van der Waals surface area (Å²) in [6.07, 6.45) is 1.84. The number of likely N-dealkylation sites (N-methyl/N-ethyl adjacent to an activating group) is 1. The van der Waals surface area contributed by atoms with Crippen molar-refractivity contribution in [1.82, 2.24) is 19.4 Å². The molecule has 0 radical (unpaired) electrons. The molecule has 35 heavy (non-hydrogen) atoms. The zero-order valence-corrected chi connectivity index (χ0v) is 19.9. The summed E-state index contributed by atoms with van der Waals surface area (Å²) >= 11 is 0. The molecule has 0 aliphatic heterocycles. The van der Waals surface area contributed by atoms with Crippen molar-refractivity contribution in [3.63, 3.8) is 0 Å². The molecule has 2 aromatic heterocycles. The van der Waals surface area contributed by atoms with Gasteiger partial charge >= 0.3 is 0 Å². The number of aliphatic hydroxyl groups is 1. The molecule has 2 amide bonds. The van der Waals surface area contributed by atoms with Gasteiger partial charge in [-0.3, -0.25) is 9.59 Å². The Hall–Kier alpha value is -4.24. The second-order valence-electron chi connectivity index (χ2n) is 8.25. The van der Waals surface area contributed by atoms with Gasteiger partial charge in [-0.2, -0.15) is 0 Å². The number of nitrogens with two attached hydrogens (primary N) is 1. The summed E-state index contributed by atoms with van der Waals surface area (Å²) in [5, 5.41) is 12.7. The normalized spacial score (nSPS) is 11.0. The number of nitrogens with one attached hydrogen (secondary N) is 1. The first-order chi connectivity index (χ1) is 16.8. The number of rotatable bonds is 7. The van der Waals surface area contributed by atoms with Crippen molar-refractivity contribution in [2.45, 2.75) is 13.3 Å². The van der Waals surface area contributed by atoms with Crippen LogP contribution in [0.3, 0.4) is 0 Å². The molecule has 0 saturated carbocycles. The molecular weight excluding hydrogens is 444 g/mol. The summed E-state index contributed by atoms with van der Waals surface area (Å²) < 4.78 is 1.97. The topological polar surface area (TPSA) is 126 Å². The highest BCUT2D eigenvalue weighted by atomic mass is 16.3. The van der Waals surface area contributed by atoms with E-state index >= 15 is 0 Å². The standard InChI is InChI=1S/C26H28N6O3/c1-4-20(34)30-19-11-9-17(10-12-19)23-21(22-24(27)28-15-29-25(22)32(23)3)16-5-7-18(8-6-16)26(35)31(2)13-14-33/h5-12,15,33H,4,13-14H2,1-3H3,(H,30,34)(H2,27,28,29). The smallest absolute Gasteiger partial charge is 0.253 e. The van der Waals surface area contributed by atoms with Gasteiger partial charge in [0.05, 0.1) is 17.7 Å². The van der Waals surface area contributed by atoms with E-state index in [4.69, 9.17) is 10.8 Å². The largest absolute Gasteiger partial charge is 0.395 e. The van der Waals surface area contributed by atoms with Gasteiger partial charge < -0.3 is 25.6 Å². The molecule has 0 atom stereocenters. The Morgan fingerprint density at radius 3 is 2.34 bits per heavy atom. The molecular formula is C26H28N6O3. The van der Waals surface area contributed by atoms with Crippen LogP contribution < -0.4 is 11.1 Å². The maximum atomic E-state index is 12.6. The van der Waals surface area contributed by atoms with Crippen molar-refractivity contribution in [2.75, 3.05) is 31.2 Å². The van der Waals surface area contributed by atoms with Crippen LogP contribution in [0.4, 0.5) is 11.5 Å². The van der Waals surface area contributed by atoms with Gasteiger partial charge in [0.2, 0.25) is 5.91 Å². The molecule has 0 unspecified atom stereocenters. The number of carbonyl (C=O) groups excluding carboxylic acids is 2. The number of hydrogen-bond acceptors (Lipinski definition) is 6. The highest BCUT2D eigenvalue weighted by Gasteiger charge is 2.22. The van der Waals surface area contributed by atoms with Crippen LogP contribution in [0, 0.1) is 0 Å². The monoisotopic (exact) mass is 472 g/mol. The zero-order chi connectivity index (χ0) is 25.1. The molecule has 4 aromatic rings. The predicted molar refractivity (Wildman–Crippen MR) is 137 cm³/mol. The number of carbonyl (C=O) groups is 2. The first-order valence-corrected chi connectivity index (χ1v) is 11.3. The van der Waals surface area contributed by atoms with E-state index in [2.05, 4.69) is 15.3 Å². The lowest BCUT2D eigenvalue weighted by Crippen LogP contribution is -2.29. The van der Waals surface area contributed by atoms with E-state index in [1.165, 1.54) is 11.2 Å². The van der Waals surface area contributed by atoms with E-state index in [1.807, 2.05) is 48.0 Å². The first kappa shape index (κ1) is 23.9. The molecule has 4 N–H and O–H groups in total. The number of benzene rings is 2. The molecule has 0 spiro atoms. The summed E-state index contributed by atoms with van der Waals surface area (Å²) in [6, 6.07) is 14.9. The van der Waals surface area contributed by atoms with Gasteiger partial charge in [-0.25, -0.2) is 9.97 Å². The van der Waals surface area contributed by atoms with Gasteiger partial charge in [0.1, 0.15) is 17.8 Å². The summed E-state index contributed by atoms with van der Waals surface area (Å²) in [7, 11) is 3.57. The molecule has 4 rings (SSSR count). The van der Waals surface area contributed by atoms with E-state index in [0.29, 0.717) is 23.4 Å².